The first-order valence-electron chi connectivity index (χ1n) is 19.7. The normalized spacial score (nSPS) is 14.3. The van der Waals surface area contributed by atoms with E-state index in [4.69, 9.17) is 24.1 Å². The van der Waals surface area contributed by atoms with Crippen molar-refractivity contribution >= 4 is 22.1 Å². The van der Waals surface area contributed by atoms with Crippen molar-refractivity contribution in [3.63, 3.8) is 0 Å². The van der Waals surface area contributed by atoms with Gasteiger partial charge in [-0.15, -0.1) is 0 Å². The minimum atomic E-state index is 0.215. The molecule has 6 nitrogen and oxygen atoms in total. The van der Waals surface area contributed by atoms with E-state index in [0.717, 1.165) is 64.4 Å². The fraction of sp³-hybridized carbons (Fsp3) is 0.220. The second kappa shape index (κ2) is 13.2. The van der Waals surface area contributed by atoms with Crippen LogP contribution in [0.15, 0.2) is 126 Å². The number of phenols is 1. The van der Waals surface area contributed by atoms with Gasteiger partial charge in [0.15, 0.2) is 0 Å². The third-order valence-electron chi connectivity index (χ3n) is 11.9. The highest BCUT2D eigenvalue weighted by Gasteiger charge is 2.43. The molecule has 0 atom stereocenters. The zero-order valence-corrected chi connectivity index (χ0v) is 32.1. The van der Waals surface area contributed by atoms with Gasteiger partial charge in [-0.2, -0.15) is 0 Å². The highest BCUT2D eigenvalue weighted by molar-refractivity contribution is 6.04. The predicted octanol–water partition coefficient (Wildman–Crippen LogP) is 12.4. The molecule has 0 radical (unpaired) electrons. The van der Waals surface area contributed by atoms with E-state index in [2.05, 4.69) is 88.4 Å². The monoisotopic (exact) mass is 733 g/mol. The van der Waals surface area contributed by atoms with Gasteiger partial charge in [0.25, 0.3) is 0 Å². The van der Waals surface area contributed by atoms with E-state index in [1.807, 2.05) is 54.7 Å². The Morgan fingerprint density at radius 2 is 1.34 bits per heavy atom. The molecule has 0 amide bonds. The number of fused-ring (bicyclic) bond motifs is 5. The van der Waals surface area contributed by atoms with Crippen LogP contribution in [0.4, 0.5) is 0 Å². The second-order valence-corrected chi connectivity index (χ2v) is 16.4. The van der Waals surface area contributed by atoms with Gasteiger partial charge in [0.2, 0.25) is 11.6 Å². The van der Waals surface area contributed by atoms with Gasteiger partial charge < -0.3 is 14.3 Å². The molecule has 4 heterocycles. The molecule has 4 aromatic carbocycles. The largest absolute Gasteiger partial charge is 0.507 e. The Kier molecular flexibility index (Phi) is 8.07. The minimum Gasteiger partial charge on any atom is -0.507 e. The number of hydrogen-bond acceptors (Lipinski definition) is 6. The highest BCUT2D eigenvalue weighted by atomic mass is 16.5. The average molecular weight is 734 g/mol. The third-order valence-corrected chi connectivity index (χ3v) is 11.9. The van der Waals surface area contributed by atoms with Crippen LogP contribution in [0.3, 0.4) is 0 Å². The number of para-hydroxylation sites is 1. The number of pyridine rings is 3. The Labute approximate surface area is 326 Å². The Hall–Kier alpha value is -6.27. The summed E-state index contributed by atoms with van der Waals surface area (Å²) in [5, 5.41) is 12.9. The average Bonchev–Trinajstić information content (AvgIpc) is 3.86. The maximum Gasteiger partial charge on any atom is 0.227 e. The molecule has 8 aromatic rings. The molecule has 2 aliphatic rings. The van der Waals surface area contributed by atoms with Crippen molar-refractivity contribution in [2.24, 2.45) is 5.41 Å². The minimum absolute atomic E-state index is 0.215. The summed E-state index contributed by atoms with van der Waals surface area (Å²) in [5.41, 5.74) is 14.8. The lowest BCUT2D eigenvalue weighted by Gasteiger charge is -2.21. The summed E-state index contributed by atoms with van der Waals surface area (Å²) in [6, 6.07) is 39.0. The van der Waals surface area contributed by atoms with Gasteiger partial charge in [-0.05, 0) is 124 Å². The van der Waals surface area contributed by atoms with E-state index in [0.29, 0.717) is 40.6 Å². The van der Waals surface area contributed by atoms with E-state index >= 15 is 0 Å². The van der Waals surface area contributed by atoms with Gasteiger partial charge in [0, 0.05) is 40.4 Å². The topological polar surface area (TPSA) is 81.3 Å². The number of phenolic OH excluding ortho intramolecular Hbond substituents is 1. The van der Waals surface area contributed by atoms with E-state index < -0.39 is 0 Å². The summed E-state index contributed by atoms with van der Waals surface area (Å²) in [4.78, 5) is 14.9. The van der Waals surface area contributed by atoms with Crippen molar-refractivity contribution < 1.29 is 14.3 Å². The molecule has 0 saturated heterocycles. The van der Waals surface area contributed by atoms with E-state index in [1.165, 1.54) is 33.4 Å². The van der Waals surface area contributed by atoms with Crippen LogP contribution in [0.2, 0.25) is 0 Å². The molecule has 0 fully saturated rings. The number of ether oxygens (including phenoxy) is 1. The fourth-order valence-electron chi connectivity index (χ4n) is 9.26. The molecule has 0 unspecified atom stereocenters. The number of hydrogen-bond donors (Lipinski definition) is 1. The van der Waals surface area contributed by atoms with Gasteiger partial charge in [0.1, 0.15) is 17.1 Å². The Bertz CT molecular complexity index is 2780. The van der Waals surface area contributed by atoms with Gasteiger partial charge >= 0.3 is 0 Å². The third kappa shape index (κ3) is 5.92. The lowest BCUT2D eigenvalue weighted by atomic mass is 9.82. The van der Waals surface area contributed by atoms with Crippen LogP contribution in [-0.2, 0) is 25.7 Å². The maximum atomic E-state index is 10.9. The zero-order chi connectivity index (χ0) is 38.1. The number of benzene rings is 4. The van der Waals surface area contributed by atoms with Crippen LogP contribution < -0.4 is 4.74 Å². The molecule has 0 saturated carbocycles. The van der Waals surface area contributed by atoms with Crippen LogP contribution >= 0.6 is 0 Å². The zero-order valence-electron chi connectivity index (χ0n) is 32.1. The molecule has 56 heavy (non-hydrogen) atoms. The number of furan rings is 1. The molecule has 0 bridgehead atoms. The van der Waals surface area contributed by atoms with Crippen LogP contribution in [0.1, 0.15) is 73.0 Å². The molecular weight excluding hydrogens is 691 g/mol. The lowest BCUT2D eigenvalue weighted by Crippen LogP contribution is -2.21. The summed E-state index contributed by atoms with van der Waals surface area (Å²) in [7, 11) is 0. The van der Waals surface area contributed by atoms with E-state index in [9.17, 15) is 5.11 Å². The number of nitrogens with zero attached hydrogens (tertiary/aromatic N) is 3. The van der Waals surface area contributed by atoms with Crippen molar-refractivity contribution in [2.45, 2.75) is 65.2 Å². The highest BCUT2D eigenvalue weighted by Crippen LogP contribution is 2.48. The number of aromatic nitrogens is 3. The molecule has 1 spiro atoms. The quantitative estimate of drug-likeness (QED) is 0.176. The number of aromatic hydroxyl groups is 1. The van der Waals surface area contributed by atoms with Gasteiger partial charge in [-0.25, -0.2) is 9.97 Å². The Morgan fingerprint density at radius 1 is 0.643 bits per heavy atom. The summed E-state index contributed by atoms with van der Waals surface area (Å²) >= 11 is 0. The molecule has 6 heteroatoms. The van der Waals surface area contributed by atoms with E-state index in [-0.39, 0.29) is 11.2 Å². The molecule has 4 aromatic heterocycles. The fourth-order valence-corrected chi connectivity index (χ4v) is 9.26. The molecular formula is C50H43N3O3. The van der Waals surface area contributed by atoms with Crippen molar-refractivity contribution in [3.8, 4) is 51.0 Å². The van der Waals surface area contributed by atoms with Gasteiger partial charge in [0.05, 0.1) is 11.4 Å². The van der Waals surface area contributed by atoms with Crippen LogP contribution in [0.25, 0.3) is 55.7 Å². The van der Waals surface area contributed by atoms with Crippen molar-refractivity contribution in [2.75, 3.05) is 0 Å². The Morgan fingerprint density at radius 3 is 2.09 bits per heavy atom. The molecule has 2 aliphatic carbocycles. The van der Waals surface area contributed by atoms with Crippen molar-refractivity contribution in [1.82, 2.24) is 15.0 Å². The van der Waals surface area contributed by atoms with Crippen LogP contribution in [0.5, 0.6) is 17.4 Å². The molecule has 1 N–H and O–H groups in total. The summed E-state index contributed by atoms with van der Waals surface area (Å²) < 4.78 is 13.0. The summed E-state index contributed by atoms with van der Waals surface area (Å²) in [5.74, 6) is 1.91. The lowest BCUT2D eigenvalue weighted by molar-refractivity contribution is 0.325. The summed E-state index contributed by atoms with van der Waals surface area (Å²) in [6.45, 7) is 8.91. The second-order valence-electron chi connectivity index (χ2n) is 16.4. The van der Waals surface area contributed by atoms with E-state index in [1.54, 1.807) is 6.07 Å². The predicted molar refractivity (Wildman–Crippen MR) is 223 cm³/mol. The Balaban J connectivity index is 0.984. The summed E-state index contributed by atoms with van der Waals surface area (Å²) in [6.07, 6.45) is 6.11. The van der Waals surface area contributed by atoms with Gasteiger partial charge in [-0.1, -0.05) is 94.4 Å². The van der Waals surface area contributed by atoms with Gasteiger partial charge in [-0.3, -0.25) is 4.98 Å². The first-order valence-corrected chi connectivity index (χ1v) is 19.7. The molecule has 0 aliphatic heterocycles. The first-order chi connectivity index (χ1) is 27.2. The smallest absolute Gasteiger partial charge is 0.227 e. The van der Waals surface area contributed by atoms with Crippen molar-refractivity contribution in [3.05, 3.63) is 155 Å². The van der Waals surface area contributed by atoms with Crippen LogP contribution in [-0.4, -0.2) is 20.1 Å². The standard InChI is InChI=1S/C50H43N3O3/c1-29(2)37-14-9-15-38(30(3)4)48(37)34-19-33(39-13-7-8-17-45(39)54)20-36(21-34)55-47-18-10-16-42(52-47)43-23-46-41(28-51-43)40-22-35-26-50(27-44(35)53-49(40)56-46)24-31-11-5-6-12-32(31)25-50/h5-23,28-30,54H,24-27H2,1-4H3. The van der Waals surface area contributed by atoms with Crippen LogP contribution in [0, 0.1) is 5.41 Å². The SMILES string of the molecule is CC(C)c1cccc(C(C)C)c1-c1cc(Oc2cccc(-c3cc4oc5nc6c(cc5c4cn3)CC3(Cc4ccccc4C3)C6)n2)cc(-c2ccccc2O)c1. The maximum absolute atomic E-state index is 10.9. The van der Waals surface area contributed by atoms with Crippen molar-refractivity contribution in [1.29, 1.82) is 0 Å². The molecule has 10 rings (SSSR count). The number of rotatable bonds is 7. The first kappa shape index (κ1) is 34.2. The molecule has 276 valence electrons.